The number of rotatable bonds is 4. The highest BCUT2D eigenvalue weighted by atomic mass is 35.5. The van der Waals surface area contributed by atoms with E-state index in [0.717, 1.165) is 6.42 Å². The van der Waals surface area contributed by atoms with Gasteiger partial charge in [0.15, 0.2) is 0 Å². The fraction of sp³-hybridized carbons (Fsp3) is 0.455. The number of hydrogen-bond acceptors (Lipinski definition) is 4. The predicted octanol–water partition coefficient (Wildman–Crippen LogP) is 1.24. The van der Waals surface area contributed by atoms with Gasteiger partial charge in [0.1, 0.15) is 0 Å². The quantitative estimate of drug-likeness (QED) is 0.818. The van der Waals surface area contributed by atoms with Crippen LogP contribution >= 0.6 is 11.6 Å². The maximum Gasteiger partial charge on any atom is 0.240 e. The van der Waals surface area contributed by atoms with Gasteiger partial charge in [-0.05, 0) is 30.5 Å². The van der Waals surface area contributed by atoms with E-state index in [1.807, 2.05) is 0 Å². The third-order valence-electron chi connectivity index (χ3n) is 2.86. The highest BCUT2D eigenvalue weighted by Gasteiger charge is 2.20. The molecule has 1 aliphatic rings. The lowest BCUT2D eigenvalue weighted by atomic mass is 10.1. The SMILES string of the molecule is Nc1cc(S(=O)(=O)NCC2CCOC2)ccc1Cl. The van der Waals surface area contributed by atoms with Gasteiger partial charge in [0.25, 0.3) is 0 Å². The van der Waals surface area contributed by atoms with E-state index in [4.69, 9.17) is 22.1 Å². The first-order valence-corrected chi connectivity index (χ1v) is 7.47. The third-order valence-corrected chi connectivity index (χ3v) is 4.63. The molecular formula is C11H15ClN2O3S. The lowest BCUT2D eigenvalue weighted by Gasteiger charge is -2.11. The van der Waals surface area contributed by atoms with E-state index in [1.54, 1.807) is 0 Å². The van der Waals surface area contributed by atoms with Gasteiger partial charge in [0.2, 0.25) is 10.0 Å². The Labute approximate surface area is 111 Å². The Morgan fingerprint density at radius 1 is 1.50 bits per heavy atom. The molecule has 0 amide bonds. The van der Waals surface area contributed by atoms with Crippen molar-refractivity contribution in [1.82, 2.24) is 4.72 Å². The molecule has 1 heterocycles. The second-order valence-electron chi connectivity index (χ2n) is 4.26. The largest absolute Gasteiger partial charge is 0.397 e. The maximum absolute atomic E-state index is 12.0. The van der Waals surface area contributed by atoms with Gasteiger partial charge in [0, 0.05) is 13.2 Å². The van der Waals surface area contributed by atoms with Crippen molar-refractivity contribution in [3.05, 3.63) is 23.2 Å². The average Bonchev–Trinajstić information content (AvgIpc) is 2.83. The van der Waals surface area contributed by atoms with Crippen molar-refractivity contribution in [3.63, 3.8) is 0 Å². The van der Waals surface area contributed by atoms with Crippen molar-refractivity contribution in [2.45, 2.75) is 11.3 Å². The molecule has 18 heavy (non-hydrogen) atoms. The molecule has 0 saturated carbocycles. The van der Waals surface area contributed by atoms with Crippen LogP contribution in [0, 0.1) is 5.92 Å². The van der Waals surface area contributed by atoms with E-state index >= 15 is 0 Å². The van der Waals surface area contributed by atoms with Crippen molar-refractivity contribution in [1.29, 1.82) is 0 Å². The van der Waals surface area contributed by atoms with E-state index in [-0.39, 0.29) is 16.5 Å². The molecular weight excluding hydrogens is 276 g/mol. The molecule has 0 aliphatic carbocycles. The summed E-state index contributed by atoms with van der Waals surface area (Å²) in [7, 11) is -3.53. The summed E-state index contributed by atoms with van der Waals surface area (Å²) < 4.78 is 31.8. The Kier molecular flexibility index (Phi) is 4.11. The van der Waals surface area contributed by atoms with Gasteiger partial charge in [-0.25, -0.2) is 13.1 Å². The molecule has 0 spiro atoms. The minimum absolute atomic E-state index is 0.128. The number of halogens is 1. The first kappa shape index (κ1) is 13.6. The summed E-state index contributed by atoms with van der Waals surface area (Å²) in [6, 6.07) is 4.27. The van der Waals surface area contributed by atoms with Crippen LogP contribution in [0.4, 0.5) is 5.69 Å². The smallest absolute Gasteiger partial charge is 0.240 e. The molecule has 0 bridgehead atoms. The molecule has 0 radical (unpaired) electrons. The van der Waals surface area contributed by atoms with Crippen LogP contribution in [0.5, 0.6) is 0 Å². The van der Waals surface area contributed by atoms with Gasteiger partial charge in [-0.15, -0.1) is 0 Å². The number of benzene rings is 1. The van der Waals surface area contributed by atoms with Gasteiger partial charge in [-0.2, -0.15) is 0 Å². The molecule has 1 saturated heterocycles. The van der Waals surface area contributed by atoms with Gasteiger partial charge in [-0.3, -0.25) is 0 Å². The van der Waals surface area contributed by atoms with Gasteiger partial charge >= 0.3 is 0 Å². The van der Waals surface area contributed by atoms with Gasteiger partial charge < -0.3 is 10.5 Å². The summed E-state index contributed by atoms with van der Waals surface area (Å²) in [5.41, 5.74) is 5.84. The van der Waals surface area contributed by atoms with Crippen LogP contribution in [0.3, 0.4) is 0 Å². The highest BCUT2D eigenvalue weighted by molar-refractivity contribution is 7.89. The number of hydrogen-bond donors (Lipinski definition) is 2. The Morgan fingerprint density at radius 2 is 2.28 bits per heavy atom. The van der Waals surface area contributed by atoms with E-state index < -0.39 is 10.0 Å². The Balaban J connectivity index is 2.07. The zero-order valence-corrected chi connectivity index (χ0v) is 11.3. The summed E-state index contributed by atoms with van der Waals surface area (Å²) in [5.74, 6) is 0.240. The standard InChI is InChI=1S/C11H15ClN2O3S/c12-10-2-1-9(5-11(10)13)18(15,16)14-6-8-3-4-17-7-8/h1-2,5,8,14H,3-4,6-7,13H2. The number of ether oxygens (including phenoxy) is 1. The van der Waals surface area contributed by atoms with Crippen molar-refractivity contribution >= 4 is 27.3 Å². The molecule has 1 aromatic rings. The van der Waals surface area contributed by atoms with Crippen LogP contribution in [0.1, 0.15) is 6.42 Å². The Bertz CT molecular complexity index is 527. The average molecular weight is 291 g/mol. The molecule has 1 aromatic carbocycles. The van der Waals surface area contributed by atoms with E-state index in [1.165, 1.54) is 18.2 Å². The molecule has 1 fully saturated rings. The van der Waals surface area contributed by atoms with E-state index in [0.29, 0.717) is 24.8 Å². The first-order valence-electron chi connectivity index (χ1n) is 5.61. The minimum atomic E-state index is -3.53. The number of sulfonamides is 1. The molecule has 1 aliphatic heterocycles. The van der Waals surface area contributed by atoms with Crippen LogP contribution in [-0.4, -0.2) is 28.2 Å². The Morgan fingerprint density at radius 3 is 2.89 bits per heavy atom. The van der Waals surface area contributed by atoms with Crippen LogP contribution < -0.4 is 10.5 Å². The molecule has 5 nitrogen and oxygen atoms in total. The normalized spacial score (nSPS) is 20.2. The molecule has 1 unspecified atom stereocenters. The van der Waals surface area contributed by atoms with Crippen molar-refractivity contribution in [2.24, 2.45) is 5.92 Å². The first-order chi connectivity index (χ1) is 8.49. The monoisotopic (exact) mass is 290 g/mol. The van der Waals surface area contributed by atoms with Crippen molar-refractivity contribution in [3.8, 4) is 0 Å². The van der Waals surface area contributed by atoms with Gasteiger partial charge in [0.05, 0.1) is 22.2 Å². The molecule has 1 atom stereocenters. The minimum Gasteiger partial charge on any atom is -0.397 e. The summed E-state index contributed by atoms with van der Waals surface area (Å²) >= 11 is 5.75. The summed E-state index contributed by atoms with van der Waals surface area (Å²) in [5, 5.41) is 0.346. The molecule has 0 aromatic heterocycles. The second-order valence-corrected chi connectivity index (χ2v) is 6.44. The lowest BCUT2D eigenvalue weighted by molar-refractivity contribution is 0.186. The predicted molar refractivity (Wildman–Crippen MR) is 70.0 cm³/mol. The Hall–Kier alpha value is -0.820. The second kappa shape index (κ2) is 5.44. The summed E-state index contributed by atoms with van der Waals surface area (Å²) in [4.78, 5) is 0.128. The summed E-state index contributed by atoms with van der Waals surface area (Å²) in [6.07, 6.45) is 0.880. The summed E-state index contributed by atoms with van der Waals surface area (Å²) in [6.45, 7) is 1.68. The molecule has 7 heteroatoms. The van der Waals surface area contributed by atoms with Crippen LogP contribution in [0.2, 0.25) is 5.02 Å². The van der Waals surface area contributed by atoms with Gasteiger partial charge in [-0.1, -0.05) is 11.6 Å². The van der Waals surface area contributed by atoms with E-state index in [2.05, 4.69) is 4.72 Å². The fourth-order valence-electron chi connectivity index (χ4n) is 1.74. The fourth-order valence-corrected chi connectivity index (χ4v) is 3.01. The zero-order valence-electron chi connectivity index (χ0n) is 9.73. The van der Waals surface area contributed by atoms with Crippen LogP contribution in [-0.2, 0) is 14.8 Å². The van der Waals surface area contributed by atoms with Crippen LogP contribution in [0.15, 0.2) is 23.1 Å². The molecule has 3 N–H and O–H groups in total. The third kappa shape index (κ3) is 3.14. The maximum atomic E-state index is 12.0. The number of nitrogens with one attached hydrogen (secondary N) is 1. The van der Waals surface area contributed by atoms with Crippen LogP contribution in [0.25, 0.3) is 0 Å². The molecule has 2 rings (SSSR count). The number of nitrogens with two attached hydrogens (primary N) is 1. The number of nitrogen functional groups attached to an aromatic ring is 1. The van der Waals surface area contributed by atoms with Crippen molar-refractivity contribution < 1.29 is 13.2 Å². The molecule has 100 valence electrons. The number of anilines is 1. The zero-order chi connectivity index (χ0) is 13.2. The van der Waals surface area contributed by atoms with E-state index in [9.17, 15) is 8.42 Å². The topological polar surface area (TPSA) is 81.4 Å². The van der Waals surface area contributed by atoms with Crippen molar-refractivity contribution in [2.75, 3.05) is 25.5 Å². The highest BCUT2D eigenvalue weighted by Crippen LogP contribution is 2.22. The lowest BCUT2D eigenvalue weighted by Crippen LogP contribution is -2.29.